The Balaban J connectivity index is 2.27. The quantitative estimate of drug-likeness (QED) is 0.545. The van der Waals surface area contributed by atoms with Gasteiger partial charge in [0.2, 0.25) is 0 Å². The van der Waals surface area contributed by atoms with E-state index in [1.54, 1.807) is 0 Å². The van der Waals surface area contributed by atoms with Crippen LogP contribution in [0.5, 0.6) is 0 Å². The van der Waals surface area contributed by atoms with Gasteiger partial charge in [-0.15, -0.1) is 10.3 Å². The molecule has 2 nitrogen and oxygen atoms in total. The summed E-state index contributed by atoms with van der Waals surface area (Å²) in [6.07, 6.45) is 6.90. The normalized spacial score (nSPS) is 49.2. The molecule has 0 aromatic carbocycles. The summed E-state index contributed by atoms with van der Waals surface area (Å²) in [5.41, 5.74) is -0.0451. The average Bonchev–Trinajstić information content (AvgIpc) is 1.97. The molecule has 0 amide bonds. The number of nitrogens with zero attached hydrogens (tertiary/aromatic N) is 1. The fourth-order valence-corrected chi connectivity index (χ4v) is 3.01. The van der Waals surface area contributed by atoms with Crippen LogP contribution in [0.3, 0.4) is 0 Å². The zero-order chi connectivity index (χ0) is 8.82. The smallest absolute Gasteiger partial charge is 0.0471 e. The van der Waals surface area contributed by atoms with Gasteiger partial charge in [-0.05, 0) is 52.4 Å². The first-order valence-corrected chi connectivity index (χ1v) is 5.04. The number of hydroxylamine groups is 2. The minimum absolute atomic E-state index is 0.0226. The minimum atomic E-state index is -0.0226. The van der Waals surface area contributed by atoms with Gasteiger partial charge in [-0.1, -0.05) is 0 Å². The molecular formula is C10H18NO. The van der Waals surface area contributed by atoms with Crippen LogP contribution in [0, 0.1) is 0 Å². The van der Waals surface area contributed by atoms with Crippen LogP contribution in [-0.4, -0.2) is 16.1 Å². The Morgan fingerprint density at radius 3 is 1.50 bits per heavy atom. The fraction of sp³-hybridized carbons (Fsp3) is 1.00. The van der Waals surface area contributed by atoms with Crippen molar-refractivity contribution < 1.29 is 5.21 Å². The lowest BCUT2D eigenvalue weighted by atomic mass is 9.71. The molecule has 2 heteroatoms. The Morgan fingerprint density at radius 1 is 0.917 bits per heavy atom. The summed E-state index contributed by atoms with van der Waals surface area (Å²) < 4.78 is 0. The molecule has 0 spiro atoms. The van der Waals surface area contributed by atoms with E-state index in [-0.39, 0.29) is 11.1 Å². The molecule has 0 aromatic heterocycles. The highest BCUT2D eigenvalue weighted by Crippen LogP contribution is 2.46. The predicted molar refractivity (Wildman–Crippen MR) is 47.0 cm³/mol. The lowest BCUT2D eigenvalue weighted by molar-refractivity contribution is -0.311. The molecule has 1 radical (unpaired) electrons. The maximum absolute atomic E-state index is 12.0. The second kappa shape index (κ2) is 2.46. The molecule has 0 saturated carbocycles. The Hall–Kier alpha value is -0.0800. The van der Waals surface area contributed by atoms with Crippen LogP contribution in [0.15, 0.2) is 0 Å². The molecule has 2 bridgehead atoms. The van der Waals surface area contributed by atoms with Crippen LogP contribution in [-0.2, 0) is 5.21 Å². The van der Waals surface area contributed by atoms with Crippen LogP contribution in [0.4, 0.5) is 0 Å². The van der Waals surface area contributed by atoms with E-state index in [1.807, 2.05) is 0 Å². The molecule has 2 aliphatic rings. The van der Waals surface area contributed by atoms with Gasteiger partial charge in [-0.3, -0.25) is 0 Å². The molecule has 0 aromatic rings. The Bertz CT molecular complexity index is 162. The number of fused-ring (bicyclic) bond motifs is 2. The highest BCUT2D eigenvalue weighted by atomic mass is 16.5. The zero-order valence-electron chi connectivity index (χ0n) is 8.10. The van der Waals surface area contributed by atoms with Gasteiger partial charge in [0.15, 0.2) is 0 Å². The van der Waals surface area contributed by atoms with Crippen LogP contribution >= 0.6 is 0 Å². The van der Waals surface area contributed by atoms with Gasteiger partial charge in [0.25, 0.3) is 0 Å². The first-order chi connectivity index (χ1) is 5.57. The summed E-state index contributed by atoms with van der Waals surface area (Å²) in [5.74, 6) is 0. The predicted octanol–water partition coefficient (Wildman–Crippen LogP) is 2.52. The molecule has 0 aliphatic carbocycles. The van der Waals surface area contributed by atoms with Crippen molar-refractivity contribution in [2.45, 2.75) is 63.5 Å². The summed E-state index contributed by atoms with van der Waals surface area (Å²) >= 11 is 0. The highest BCUT2D eigenvalue weighted by molar-refractivity contribution is 5.00. The van der Waals surface area contributed by atoms with E-state index in [1.165, 1.54) is 17.9 Å². The van der Waals surface area contributed by atoms with E-state index in [4.69, 9.17) is 0 Å². The molecule has 2 saturated heterocycles. The highest BCUT2D eigenvalue weighted by Gasteiger charge is 2.49. The van der Waals surface area contributed by atoms with Crippen LogP contribution in [0.25, 0.3) is 0 Å². The van der Waals surface area contributed by atoms with Crippen molar-refractivity contribution in [2.75, 3.05) is 0 Å². The van der Waals surface area contributed by atoms with Gasteiger partial charge < -0.3 is 0 Å². The van der Waals surface area contributed by atoms with E-state index in [0.29, 0.717) is 0 Å². The van der Waals surface area contributed by atoms with Crippen molar-refractivity contribution in [1.82, 2.24) is 5.06 Å². The monoisotopic (exact) mass is 168 g/mol. The standard InChI is InChI=1S/C10H18NO/c1-9-5-3-7-10(2,11(9)12)8-4-6-9/h3-8H2,1-2H3. The fourth-order valence-electron chi connectivity index (χ4n) is 3.01. The molecule has 2 aliphatic heterocycles. The second-order valence-corrected chi connectivity index (χ2v) is 5.00. The van der Waals surface area contributed by atoms with Crippen molar-refractivity contribution in [3.05, 3.63) is 0 Å². The largest absolute Gasteiger partial charge is 0.143 e. The molecule has 0 atom stereocenters. The third-order valence-corrected chi connectivity index (χ3v) is 3.84. The third kappa shape index (κ3) is 1.01. The molecule has 69 valence electrons. The van der Waals surface area contributed by atoms with E-state index in [9.17, 15) is 5.21 Å². The number of piperidine rings is 2. The molecule has 0 N–H and O–H groups in total. The molecular weight excluding hydrogens is 150 g/mol. The molecule has 2 fully saturated rings. The minimum Gasteiger partial charge on any atom is -0.143 e. The van der Waals surface area contributed by atoms with Gasteiger partial charge in [-0.25, -0.2) is 0 Å². The van der Waals surface area contributed by atoms with Gasteiger partial charge in [0, 0.05) is 11.1 Å². The molecule has 0 unspecified atom stereocenters. The Labute approximate surface area is 74.5 Å². The van der Waals surface area contributed by atoms with E-state index in [2.05, 4.69) is 13.8 Å². The van der Waals surface area contributed by atoms with Gasteiger partial charge in [-0.2, -0.15) is 0 Å². The second-order valence-electron chi connectivity index (χ2n) is 5.00. The van der Waals surface area contributed by atoms with Crippen molar-refractivity contribution >= 4 is 0 Å². The zero-order valence-corrected chi connectivity index (χ0v) is 8.10. The van der Waals surface area contributed by atoms with E-state index < -0.39 is 0 Å². The van der Waals surface area contributed by atoms with Crippen LogP contribution in [0.1, 0.15) is 52.4 Å². The number of rotatable bonds is 0. The van der Waals surface area contributed by atoms with Crippen molar-refractivity contribution in [2.24, 2.45) is 0 Å². The van der Waals surface area contributed by atoms with Crippen LogP contribution < -0.4 is 0 Å². The maximum atomic E-state index is 12.0. The van der Waals surface area contributed by atoms with Crippen LogP contribution in [0.2, 0.25) is 0 Å². The van der Waals surface area contributed by atoms with Gasteiger partial charge in [0.05, 0.1) is 0 Å². The SMILES string of the molecule is CC12CCCC(C)(CCC1)N2[O]. The number of hydrogen-bond acceptors (Lipinski definition) is 1. The summed E-state index contributed by atoms with van der Waals surface area (Å²) in [6.45, 7) is 4.27. The Morgan fingerprint density at radius 2 is 1.25 bits per heavy atom. The molecule has 2 rings (SSSR count). The summed E-state index contributed by atoms with van der Waals surface area (Å²) in [7, 11) is 0. The molecule has 12 heavy (non-hydrogen) atoms. The van der Waals surface area contributed by atoms with Crippen molar-refractivity contribution in [3.8, 4) is 0 Å². The van der Waals surface area contributed by atoms with Crippen molar-refractivity contribution in [1.29, 1.82) is 0 Å². The lowest BCUT2D eigenvalue weighted by Gasteiger charge is -2.54. The Kier molecular flexibility index (Phi) is 1.74. The van der Waals surface area contributed by atoms with E-state index >= 15 is 0 Å². The van der Waals surface area contributed by atoms with Crippen molar-refractivity contribution in [3.63, 3.8) is 0 Å². The first-order valence-electron chi connectivity index (χ1n) is 5.04. The van der Waals surface area contributed by atoms with Gasteiger partial charge >= 0.3 is 0 Å². The summed E-state index contributed by atoms with van der Waals surface area (Å²) in [6, 6.07) is 0. The lowest BCUT2D eigenvalue weighted by Crippen LogP contribution is -2.61. The van der Waals surface area contributed by atoms with Gasteiger partial charge in [0.1, 0.15) is 0 Å². The molecule has 2 heterocycles. The topological polar surface area (TPSA) is 23.1 Å². The third-order valence-electron chi connectivity index (χ3n) is 3.84. The first kappa shape index (κ1) is 8.52. The van der Waals surface area contributed by atoms with E-state index in [0.717, 1.165) is 25.7 Å². The maximum Gasteiger partial charge on any atom is 0.0471 e. The summed E-state index contributed by atoms with van der Waals surface area (Å²) in [4.78, 5) is 0. The average molecular weight is 168 g/mol. The summed E-state index contributed by atoms with van der Waals surface area (Å²) in [5, 5.41) is 13.4. The number of hydrogen-bond donors (Lipinski definition) is 0.